The van der Waals surface area contributed by atoms with Gasteiger partial charge >= 0.3 is 0 Å². The van der Waals surface area contributed by atoms with E-state index in [1.807, 2.05) is 0 Å². The first-order valence-corrected chi connectivity index (χ1v) is 6.27. The summed E-state index contributed by atoms with van der Waals surface area (Å²) in [5.74, 6) is 1.14. The first kappa shape index (κ1) is 16.7. The van der Waals surface area contributed by atoms with E-state index in [9.17, 15) is 0 Å². The van der Waals surface area contributed by atoms with Crippen LogP contribution >= 0.6 is 0 Å². The second kappa shape index (κ2) is 11.5. The van der Waals surface area contributed by atoms with Crippen LogP contribution in [0.2, 0.25) is 0 Å². The van der Waals surface area contributed by atoms with E-state index < -0.39 is 0 Å². The van der Waals surface area contributed by atoms with Crippen LogP contribution in [0.15, 0.2) is 18.2 Å². The predicted octanol–water partition coefficient (Wildman–Crippen LogP) is 1.49. The molecule has 6 nitrogen and oxygen atoms in total. The van der Waals surface area contributed by atoms with Crippen molar-refractivity contribution in [3.63, 3.8) is 0 Å². The first-order valence-electron chi connectivity index (χ1n) is 6.27. The third-order valence-electron chi connectivity index (χ3n) is 2.25. The van der Waals surface area contributed by atoms with E-state index in [4.69, 9.17) is 28.4 Å². The Labute approximate surface area is 119 Å². The number of ether oxygens (including phenoxy) is 6. The van der Waals surface area contributed by atoms with Crippen LogP contribution in [-0.4, -0.2) is 54.2 Å². The summed E-state index contributed by atoms with van der Waals surface area (Å²) in [5, 5.41) is 0. The lowest BCUT2D eigenvalue weighted by atomic mass is 10.3. The van der Waals surface area contributed by atoms with E-state index in [0.29, 0.717) is 37.9 Å². The molecule has 0 saturated carbocycles. The van der Waals surface area contributed by atoms with Crippen molar-refractivity contribution in [2.75, 3.05) is 54.2 Å². The van der Waals surface area contributed by atoms with Crippen molar-refractivity contribution in [3.8, 4) is 11.5 Å². The van der Waals surface area contributed by atoms with Crippen molar-refractivity contribution in [1.82, 2.24) is 0 Å². The minimum atomic E-state index is 0.127. The molecule has 0 N–H and O–H groups in total. The highest BCUT2D eigenvalue weighted by molar-refractivity contribution is 5.38. The summed E-state index contributed by atoms with van der Waals surface area (Å²) in [6.07, 6.45) is 0. The number of hydrogen-bond donors (Lipinski definition) is 0. The average molecular weight is 285 g/mol. The smallest absolute Gasteiger partial charge is 0.189 e. The summed E-state index contributed by atoms with van der Waals surface area (Å²) in [6.45, 7) is 2.27. The second-order valence-electron chi connectivity index (χ2n) is 3.70. The van der Waals surface area contributed by atoms with Gasteiger partial charge in [-0.15, -0.1) is 0 Å². The number of benzene rings is 1. The highest BCUT2D eigenvalue weighted by atomic mass is 16.7. The average Bonchev–Trinajstić information content (AvgIpc) is 2.48. The minimum absolute atomic E-state index is 0.127. The molecule has 0 aliphatic carbocycles. The monoisotopic (exact) mass is 285 g/mol. The van der Waals surface area contributed by atoms with Crippen LogP contribution in [0.1, 0.15) is 0 Å². The molecule has 0 atom stereocenters. The van der Waals surface area contributed by atoms with Gasteiger partial charge in [-0.25, -0.2) is 0 Å². The zero-order chi connectivity index (χ0) is 14.5. The lowest BCUT2D eigenvalue weighted by Crippen LogP contribution is -2.10. The standard InChI is InChI=1S/C14H21O6/c1-15-7-9-17-11-19-13-5-3-4-6-14(13)20-12-18-10-8-16-2/h3,5-6H,7-12H2,1-2H3. The molecule has 0 spiro atoms. The third-order valence-corrected chi connectivity index (χ3v) is 2.25. The molecule has 0 unspecified atom stereocenters. The van der Waals surface area contributed by atoms with Gasteiger partial charge in [-0.05, 0) is 18.2 Å². The summed E-state index contributed by atoms with van der Waals surface area (Å²) in [6, 6.07) is 8.10. The molecule has 0 bridgehead atoms. The van der Waals surface area contributed by atoms with Crippen LogP contribution in [0, 0.1) is 6.07 Å². The Morgan fingerprint density at radius 2 is 1.45 bits per heavy atom. The Kier molecular flexibility index (Phi) is 9.60. The normalized spacial score (nSPS) is 10.5. The fourth-order valence-corrected chi connectivity index (χ4v) is 1.25. The highest BCUT2D eigenvalue weighted by Gasteiger charge is 2.04. The van der Waals surface area contributed by atoms with E-state index in [2.05, 4.69) is 6.07 Å². The van der Waals surface area contributed by atoms with E-state index in [0.717, 1.165) is 0 Å². The lowest BCUT2D eigenvalue weighted by molar-refractivity contribution is -0.0207. The van der Waals surface area contributed by atoms with Gasteiger partial charge in [0, 0.05) is 14.2 Å². The molecule has 1 aromatic rings. The van der Waals surface area contributed by atoms with Gasteiger partial charge in [0.2, 0.25) is 0 Å². The van der Waals surface area contributed by atoms with Crippen molar-refractivity contribution >= 4 is 0 Å². The number of hydrogen-bond acceptors (Lipinski definition) is 6. The van der Waals surface area contributed by atoms with Gasteiger partial charge in [0.05, 0.1) is 26.4 Å². The van der Waals surface area contributed by atoms with Gasteiger partial charge in [-0.2, -0.15) is 0 Å². The Bertz CT molecular complexity index is 311. The third kappa shape index (κ3) is 7.30. The van der Waals surface area contributed by atoms with Gasteiger partial charge in [-0.1, -0.05) is 6.07 Å². The van der Waals surface area contributed by atoms with Gasteiger partial charge < -0.3 is 28.4 Å². The van der Waals surface area contributed by atoms with E-state index in [1.165, 1.54) is 0 Å². The topological polar surface area (TPSA) is 55.4 Å². The van der Waals surface area contributed by atoms with Gasteiger partial charge in [0.15, 0.2) is 25.1 Å². The molecule has 0 heterocycles. The maximum atomic E-state index is 5.46. The molecule has 6 heteroatoms. The zero-order valence-electron chi connectivity index (χ0n) is 11.9. The Morgan fingerprint density at radius 1 is 0.850 bits per heavy atom. The summed E-state index contributed by atoms with van der Waals surface area (Å²) < 4.78 is 31.1. The molecule has 1 radical (unpaired) electrons. The van der Waals surface area contributed by atoms with Gasteiger partial charge in [0.1, 0.15) is 0 Å². The molecule has 20 heavy (non-hydrogen) atoms. The van der Waals surface area contributed by atoms with Crippen molar-refractivity contribution in [1.29, 1.82) is 0 Å². The van der Waals surface area contributed by atoms with Crippen LogP contribution in [0.3, 0.4) is 0 Å². The summed E-state index contributed by atoms with van der Waals surface area (Å²) in [4.78, 5) is 0. The number of rotatable bonds is 12. The van der Waals surface area contributed by atoms with Gasteiger partial charge in [0.25, 0.3) is 0 Å². The molecule has 0 fully saturated rings. The van der Waals surface area contributed by atoms with Gasteiger partial charge in [-0.3, -0.25) is 0 Å². The van der Waals surface area contributed by atoms with Crippen molar-refractivity contribution in [3.05, 3.63) is 24.3 Å². The molecule has 0 aliphatic heterocycles. The fraction of sp³-hybridized carbons (Fsp3) is 0.571. The van der Waals surface area contributed by atoms with Crippen LogP contribution in [0.25, 0.3) is 0 Å². The SMILES string of the molecule is COCCOCOc1c[c]ccc1OCOCCOC. The predicted molar refractivity (Wildman–Crippen MR) is 71.9 cm³/mol. The molecule has 1 rings (SSSR count). The van der Waals surface area contributed by atoms with Crippen molar-refractivity contribution in [2.45, 2.75) is 0 Å². The lowest BCUT2D eigenvalue weighted by Gasteiger charge is -2.12. The Balaban J connectivity index is 2.27. The second-order valence-corrected chi connectivity index (χ2v) is 3.70. The Hall–Kier alpha value is -1.34. The van der Waals surface area contributed by atoms with E-state index in [1.54, 1.807) is 32.4 Å². The summed E-state index contributed by atoms with van der Waals surface area (Å²) >= 11 is 0. The van der Waals surface area contributed by atoms with Crippen LogP contribution in [-0.2, 0) is 18.9 Å². The van der Waals surface area contributed by atoms with Crippen molar-refractivity contribution < 1.29 is 28.4 Å². The van der Waals surface area contributed by atoms with E-state index in [-0.39, 0.29) is 13.6 Å². The maximum absolute atomic E-state index is 5.46. The van der Waals surface area contributed by atoms with Crippen molar-refractivity contribution in [2.24, 2.45) is 0 Å². The summed E-state index contributed by atoms with van der Waals surface area (Å²) in [5.41, 5.74) is 0. The highest BCUT2D eigenvalue weighted by Crippen LogP contribution is 2.26. The molecule has 0 amide bonds. The maximum Gasteiger partial charge on any atom is 0.189 e. The molecule has 113 valence electrons. The first-order chi connectivity index (χ1) is 9.88. The molecule has 0 aromatic heterocycles. The molecular weight excluding hydrogens is 264 g/mol. The molecule has 0 saturated heterocycles. The minimum Gasteiger partial charge on any atom is -0.464 e. The van der Waals surface area contributed by atoms with Crippen LogP contribution in [0.4, 0.5) is 0 Å². The van der Waals surface area contributed by atoms with E-state index >= 15 is 0 Å². The molecular formula is C14H21O6. The van der Waals surface area contributed by atoms with Crippen LogP contribution < -0.4 is 9.47 Å². The number of methoxy groups -OCH3 is 2. The fourth-order valence-electron chi connectivity index (χ4n) is 1.25. The molecule has 0 aliphatic rings. The zero-order valence-corrected chi connectivity index (χ0v) is 11.9. The van der Waals surface area contributed by atoms with Crippen LogP contribution in [0.5, 0.6) is 11.5 Å². The Morgan fingerprint density at radius 3 is 2.05 bits per heavy atom. The quantitative estimate of drug-likeness (QED) is 0.428. The molecule has 1 aromatic carbocycles. The summed E-state index contributed by atoms with van der Waals surface area (Å²) in [7, 11) is 3.23. The largest absolute Gasteiger partial charge is 0.464 e.